The van der Waals surface area contributed by atoms with Gasteiger partial charge in [-0.1, -0.05) is 34.8 Å². The van der Waals surface area contributed by atoms with Gasteiger partial charge in [0.05, 0.1) is 7.11 Å². The summed E-state index contributed by atoms with van der Waals surface area (Å²) in [6, 6.07) is -2.00. The highest BCUT2D eigenvalue weighted by atomic mass is 35.6. The Morgan fingerprint density at radius 1 is 1.44 bits per heavy atom. The van der Waals surface area contributed by atoms with Crippen LogP contribution in [-0.2, 0) is 19.1 Å². The molecule has 0 bridgehead atoms. The van der Waals surface area contributed by atoms with Crippen molar-refractivity contribution in [3.05, 3.63) is 0 Å². The van der Waals surface area contributed by atoms with E-state index in [1.54, 1.807) is 0 Å². The van der Waals surface area contributed by atoms with Crippen LogP contribution in [-0.4, -0.2) is 47.6 Å². The minimum absolute atomic E-state index is 0.485. The number of amides is 2. The quantitative estimate of drug-likeness (QED) is 0.438. The molecule has 1 heterocycles. The number of esters is 1. The third-order valence-electron chi connectivity index (χ3n) is 2.01. The smallest absolute Gasteiger partial charge is 0.408 e. The molecule has 1 fully saturated rings. The lowest BCUT2D eigenvalue weighted by Gasteiger charge is -2.34. The first kappa shape index (κ1) is 15.1. The van der Waals surface area contributed by atoms with Crippen LogP contribution in [0.2, 0.25) is 0 Å². The Kier molecular flexibility index (Phi) is 4.89. The van der Waals surface area contributed by atoms with Crippen LogP contribution >= 0.6 is 34.8 Å². The molecule has 10 heteroatoms. The molecule has 1 saturated heterocycles. The van der Waals surface area contributed by atoms with Gasteiger partial charge in [-0.25, -0.2) is 9.59 Å². The van der Waals surface area contributed by atoms with Gasteiger partial charge in [0.2, 0.25) is 9.70 Å². The molecule has 1 aliphatic rings. The molecule has 0 radical (unpaired) electrons. The summed E-state index contributed by atoms with van der Waals surface area (Å²) in [6.45, 7) is -0.485. The Morgan fingerprint density at radius 3 is 2.50 bits per heavy atom. The molecule has 2 atom stereocenters. The molecule has 0 aromatic carbocycles. The van der Waals surface area contributed by atoms with Gasteiger partial charge in [0, 0.05) is 0 Å². The van der Waals surface area contributed by atoms with Crippen molar-refractivity contribution in [3.63, 3.8) is 0 Å². The second-order valence-electron chi connectivity index (χ2n) is 3.32. The molecule has 102 valence electrons. The average molecular weight is 320 g/mol. The summed E-state index contributed by atoms with van der Waals surface area (Å²) in [5.41, 5.74) is 0. The van der Waals surface area contributed by atoms with Crippen molar-refractivity contribution < 1.29 is 23.9 Å². The second-order valence-corrected chi connectivity index (χ2v) is 5.84. The summed E-state index contributed by atoms with van der Waals surface area (Å²) in [7, 11) is 1.16. The number of rotatable bonds is 3. The summed E-state index contributed by atoms with van der Waals surface area (Å²) < 4.78 is 7.22. The first-order chi connectivity index (χ1) is 8.24. The molecule has 1 aliphatic heterocycles. The van der Waals surface area contributed by atoms with Crippen LogP contribution < -0.4 is 10.6 Å². The number of alkyl carbamates (subject to hydrolysis) is 1. The number of hydrogen-bond acceptors (Lipinski definition) is 5. The molecular formula is C8H9Cl3N2O5. The Bertz CT molecular complexity index is 370. The maximum atomic E-state index is 11.3. The van der Waals surface area contributed by atoms with Crippen LogP contribution in [0.3, 0.4) is 0 Å². The molecule has 18 heavy (non-hydrogen) atoms. The first-order valence-corrected chi connectivity index (χ1v) is 5.76. The molecule has 2 amide bonds. The number of methoxy groups -OCH3 is 1. The number of ether oxygens (including phenoxy) is 2. The zero-order chi connectivity index (χ0) is 13.9. The van der Waals surface area contributed by atoms with E-state index in [-0.39, 0.29) is 0 Å². The van der Waals surface area contributed by atoms with Gasteiger partial charge in [-0.15, -0.1) is 0 Å². The fourth-order valence-corrected chi connectivity index (χ4v) is 1.33. The summed E-state index contributed by atoms with van der Waals surface area (Å²) in [5, 5.41) is 4.41. The SMILES string of the molecule is COC(=O)[C@@H]1NC(=O)[C@@H]1NC(=O)OCC(Cl)(Cl)Cl. The van der Waals surface area contributed by atoms with Crippen molar-refractivity contribution >= 4 is 52.8 Å². The molecule has 7 nitrogen and oxygen atoms in total. The number of alkyl halides is 3. The van der Waals surface area contributed by atoms with Crippen molar-refractivity contribution in [1.82, 2.24) is 10.6 Å². The van der Waals surface area contributed by atoms with Crippen LogP contribution in [0.25, 0.3) is 0 Å². The minimum Gasteiger partial charge on any atom is -0.467 e. The number of halogens is 3. The van der Waals surface area contributed by atoms with Crippen molar-refractivity contribution in [2.75, 3.05) is 13.7 Å². The summed E-state index contributed by atoms with van der Waals surface area (Å²) in [4.78, 5) is 33.5. The van der Waals surface area contributed by atoms with Crippen LogP contribution in [0.1, 0.15) is 0 Å². The molecule has 0 aromatic rings. The average Bonchev–Trinajstić information content (AvgIpc) is 2.28. The number of carbonyl (C=O) groups excluding carboxylic acids is 3. The topological polar surface area (TPSA) is 93.7 Å². The van der Waals surface area contributed by atoms with Crippen LogP contribution in [0.15, 0.2) is 0 Å². The van der Waals surface area contributed by atoms with E-state index < -0.39 is 40.5 Å². The van der Waals surface area contributed by atoms with E-state index in [2.05, 4.69) is 20.1 Å². The Balaban J connectivity index is 2.43. The molecule has 0 aliphatic carbocycles. The lowest BCUT2D eigenvalue weighted by atomic mass is 9.99. The standard InChI is InChI=1S/C8H9Cl3N2O5/c1-17-6(15)4-3(5(14)12-4)13-7(16)18-2-8(9,10)11/h3-4H,2H2,1H3,(H,12,14)(H,13,16)/t3-,4-/m1/s1. The fraction of sp³-hybridized carbons (Fsp3) is 0.625. The van der Waals surface area contributed by atoms with Gasteiger partial charge in [0.15, 0.2) is 6.04 Å². The second kappa shape index (κ2) is 5.81. The van der Waals surface area contributed by atoms with E-state index in [1.807, 2.05) is 0 Å². The summed E-state index contributed by atoms with van der Waals surface area (Å²) in [6.07, 6.45) is -0.977. The number of hydrogen-bond donors (Lipinski definition) is 2. The highest BCUT2D eigenvalue weighted by molar-refractivity contribution is 6.67. The highest BCUT2D eigenvalue weighted by Crippen LogP contribution is 2.25. The van der Waals surface area contributed by atoms with E-state index in [0.29, 0.717) is 0 Å². The van der Waals surface area contributed by atoms with E-state index in [9.17, 15) is 14.4 Å². The molecular weight excluding hydrogens is 310 g/mol. The predicted octanol–water partition coefficient (Wildman–Crippen LogP) is 0.123. The Hall–Kier alpha value is -0.920. The predicted molar refractivity (Wildman–Crippen MR) is 62.5 cm³/mol. The van der Waals surface area contributed by atoms with Gasteiger partial charge < -0.3 is 20.1 Å². The molecule has 1 rings (SSSR count). The zero-order valence-electron chi connectivity index (χ0n) is 9.04. The molecule has 0 spiro atoms. The van der Waals surface area contributed by atoms with Crippen LogP contribution in [0.5, 0.6) is 0 Å². The molecule has 0 aromatic heterocycles. The van der Waals surface area contributed by atoms with Gasteiger partial charge in [-0.3, -0.25) is 4.79 Å². The van der Waals surface area contributed by atoms with E-state index in [1.165, 1.54) is 0 Å². The first-order valence-electron chi connectivity index (χ1n) is 4.63. The number of nitrogens with one attached hydrogen (secondary N) is 2. The largest absolute Gasteiger partial charge is 0.467 e. The van der Waals surface area contributed by atoms with Gasteiger partial charge >= 0.3 is 12.1 Å². The maximum Gasteiger partial charge on any atom is 0.408 e. The third kappa shape index (κ3) is 4.08. The number of β-lactam (4-membered cyclic amide) rings is 1. The molecule has 0 saturated carbocycles. The summed E-state index contributed by atoms with van der Waals surface area (Å²) in [5.74, 6) is -1.21. The normalized spacial score (nSPS) is 22.6. The van der Waals surface area contributed by atoms with Gasteiger partial charge in [0.1, 0.15) is 12.6 Å². The zero-order valence-corrected chi connectivity index (χ0v) is 11.3. The van der Waals surface area contributed by atoms with Crippen molar-refractivity contribution in [1.29, 1.82) is 0 Å². The number of carbonyl (C=O) groups is 3. The Morgan fingerprint density at radius 2 is 2.06 bits per heavy atom. The minimum atomic E-state index is -1.75. The molecule has 2 N–H and O–H groups in total. The highest BCUT2D eigenvalue weighted by Gasteiger charge is 2.46. The van der Waals surface area contributed by atoms with Crippen molar-refractivity contribution in [3.8, 4) is 0 Å². The monoisotopic (exact) mass is 318 g/mol. The van der Waals surface area contributed by atoms with Crippen molar-refractivity contribution in [2.24, 2.45) is 0 Å². The van der Waals surface area contributed by atoms with Crippen LogP contribution in [0, 0.1) is 0 Å². The lowest BCUT2D eigenvalue weighted by molar-refractivity contribution is -0.152. The van der Waals surface area contributed by atoms with Crippen LogP contribution in [0.4, 0.5) is 4.79 Å². The molecule has 0 unspecified atom stereocenters. The summed E-state index contributed by atoms with van der Waals surface area (Å²) >= 11 is 16.1. The van der Waals surface area contributed by atoms with Gasteiger partial charge in [-0.2, -0.15) is 0 Å². The Labute approximate surface area is 117 Å². The van der Waals surface area contributed by atoms with E-state index in [0.717, 1.165) is 7.11 Å². The third-order valence-corrected chi connectivity index (χ3v) is 2.34. The fourth-order valence-electron chi connectivity index (χ4n) is 1.17. The van der Waals surface area contributed by atoms with Gasteiger partial charge in [0.25, 0.3) is 0 Å². The van der Waals surface area contributed by atoms with Gasteiger partial charge in [-0.05, 0) is 0 Å². The lowest BCUT2D eigenvalue weighted by Crippen LogP contribution is -2.72. The van der Waals surface area contributed by atoms with Crippen molar-refractivity contribution in [2.45, 2.75) is 15.9 Å². The van der Waals surface area contributed by atoms with E-state index in [4.69, 9.17) is 34.8 Å². The van der Waals surface area contributed by atoms with E-state index >= 15 is 0 Å². The maximum absolute atomic E-state index is 11.3.